The first-order chi connectivity index (χ1) is 9.67. The number of hydrogen-bond acceptors (Lipinski definition) is 4. The maximum atomic E-state index is 13.3. The third kappa shape index (κ3) is 2.46. The molecule has 0 saturated heterocycles. The van der Waals surface area contributed by atoms with Crippen LogP contribution in [0.25, 0.3) is 11.0 Å². The fourth-order valence-corrected chi connectivity index (χ4v) is 2.88. The number of halogens is 1. The second-order valence-corrected chi connectivity index (χ2v) is 5.68. The first-order valence-corrected chi connectivity index (χ1v) is 7.39. The van der Waals surface area contributed by atoms with E-state index in [4.69, 9.17) is 4.42 Å². The predicted molar refractivity (Wildman–Crippen MR) is 78.5 cm³/mol. The Kier molecular flexibility index (Phi) is 3.54. The van der Waals surface area contributed by atoms with Crippen molar-refractivity contribution < 1.29 is 8.81 Å². The van der Waals surface area contributed by atoms with Gasteiger partial charge < -0.3 is 9.73 Å². The number of aryl methyl sites for hydroxylation is 1. The van der Waals surface area contributed by atoms with E-state index in [1.54, 1.807) is 17.4 Å². The van der Waals surface area contributed by atoms with Crippen LogP contribution in [0.3, 0.4) is 0 Å². The Morgan fingerprint density at radius 2 is 2.25 bits per heavy atom. The molecule has 1 atom stereocenters. The lowest BCUT2D eigenvalue weighted by atomic mass is 10.1. The van der Waals surface area contributed by atoms with Gasteiger partial charge in [0.1, 0.15) is 23.2 Å². The molecule has 0 aliphatic rings. The molecule has 1 N–H and O–H groups in total. The normalized spacial score (nSPS) is 12.9. The van der Waals surface area contributed by atoms with Crippen LogP contribution in [0.5, 0.6) is 0 Å². The molecule has 0 aliphatic heterocycles. The van der Waals surface area contributed by atoms with Gasteiger partial charge in [0.15, 0.2) is 0 Å². The molecule has 2 aromatic heterocycles. The second kappa shape index (κ2) is 5.34. The number of nitrogens with zero attached hydrogens (tertiary/aromatic N) is 1. The highest BCUT2D eigenvalue weighted by Gasteiger charge is 2.20. The van der Waals surface area contributed by atoms with Crippen molar-refractivity contribution in [3.8, 4) is 0 Å². The van der Waals surface area contributed by atoms with Crippen molar-refractivity contribution in [3.05, 3.63) is 51.9 Å². The monoisotopic (exact) mass is 290 g/mol. The Morgan fingerprint density at radius 1 is 1.40 bits per heavy atom. The number of furan rings is 1. The average molecular weight is 290 g/mol. The third-order valence-corrected chi connectivity index (χ3v) is 3.91. The highest BCUT2D eigenvalue weighted by Crippen LogP contribution is 2.29. The van der Waals surface area contributed by atoms with Gasteiger partial charge in [0.25, 0.3) is 0 Å². The van der Waals surface area contributed by atoms with Gasteiger partial charge in [-0.15, -0.1) is 11.3 Å². The Labute approximate surface area is 120 Å². The number of fused-ring (bicyclic) bond motifs is 1. The minimum Gasteiger partial charge on any atom is -0.459 e. The molecule has 1 unspecified atom stereocenters. The SMILES string of the molecule is CCNC(c1csc(C)n1)c1cc2cc(F)ccc2o1. The largest absolute Gasteiger partial charge is 0.459 e. The van der Waals surface area contributed by atoms with Crippen molar-refractivity contribution in [2.75, 3.05) is 6.54 Å². The molecule has 3 aromatic rings. The lowest BCUT2D eigenvalue weighted by molar-refractivity contribution is 0.472. The molecule has 3 nitrogen and oxygen atoms in total. The summed E-state index contributed by atoms with van der Waals surface area (Å²) in [4.78, 5) is 4.52. The standard InChI is InChI=1S/C15H15FN2OS/c1-3-17-15(12-8-20-9(2)18-12)14-7-10-6-11(16)4-5-13(10)19-14/h4-8,15,17H,3H2,1-2H3. The van der Waals surface area contributed by atoms with Gasteiger partial charge in [-0.2, -0.15) is 0 Å². The third-order valence-electron chi connectivity index (χ3n) is 3.12. The van der Waals surface area contributed by atoms with Crippen molar-refractivity contribution in [2.45, 2.75) is 19.9 Å². The summed E-state index contributed by atoms with van der Waals surface area (Å²) in [7, 11) is 0. The smallest absolute Gasteiger partial charge is 0.134 e. The molecule has 1 aromatic carbocycles. The molecular formula is C15H15FN2OS. The van der Waals surface area contributed by atoms with Gasteiger partial charge >= 0.3 is 0 Å². The molecule has 0 radical (unpaired) electrons. The summed E-state index contributed by atoms with van der Waals surface area (Å²) < 4.78 is 19.1. The van der Waals surface area contributed by atoms with E-state index in [1.165, 1.54) is 12.1 Å². The quantitative estimate of drug-likeness (QED) is 0.788. The Hall–Kier alpha value is -1.72. The van der Waals surface area contributed by atoms with Gasteiger partial charge in [0.05, 0.1) is 10.7 Å². The van der Waals surface area contributed by atoms with Gasteiger partial charge in [0, 0.05) is 10.8 Å². The van der Waals surface area contributed by atoms with Crippen molar-refractivity contribution in [1.29, 1.82) is 0 Å². The van der Waals surface area contributed by atoms with Gasteiger partial charge in [-0.1, -0.05) is 6.92 Å². The summed E-state index contributed by atoms with van der Waals surface area (Å²) in [6.45, 7) is 4.81. The summed E-state index contributed by atoms with van der Waals surface area (Å²) in [6.07, 6.45) is 0. The topological polar surface area (TPSA) is 38.1 Å². The lowest BCUT2D eigenvalue weighted by Crippen LogP contribution is -2.21. The molecule has 0 bridgehead atoms. The number of benzene rings is 1. The number of thiazole rings is 1. The van der Waals surface area contributed by atoms with Crippen molar-refractivity contribution in [3.63, 3.8) is 0 Å². The van der Waals surface area contributed by atoms with E-state index in [0.29, 0.717) is 5.58 Å². The fraction of sp³-hybridized carbons (Fsp3) is 0.267. The van der Waals surface area contributed by atoms with Crippen LogP contribution >= 0.6 is 11.3 Å². The lowest BCUT2D eigenvalue weighted by Gasteiger charge is -2.12. The zero-order chi connectivity index (χ0) is 14.1. The average Bonchev–Trinajstić information content (AvgIpc) is 3.01. The van der Waals surface area contributed by atoms with Gasteiger partial charge in [0.2, 0.25) is 0 Å². The van der Waals surface area contributed by atoms with Crippen molar-refractivity contribution >= 4 is 22.3 Å². The van der Waals surface area contributed by atoms with E-state index in [9.17, 15) is 4.39 Å². The van der Waals surface area contributed by atoms with E-state index in [1.807, 2.05) is 25.3 Å². The molecule has 5 heteroatoms. The molecule has 2 heterocycles. The molecule has 20 heavy (non-hydrogen) atoms. The molecule has 0 amide bonds. The number of hydrogen-bond donors (Lipinski definition) is 1. The fourth-order valence-electron chi connectivity index (χ4n) is 2.24. The maximum Gasteiger partial charge on any atom is 0.134 e. The van der Waals surface area contributed by atoms with Gasteiger partial charge in [-0.25, -0.2) is 9.37 Å². The Balaban J connectivity index is 2.04. The Morgan fingerprint density at radius 3 is 2.95 bits per heavy atom. The van der Waals surface area contributed by atoms with Crippen LogP contribution in [-0.4, -0.2) is 11.5 Å². The van der Waals surface area contributed by atoms with Crippen LogP contribution in [-0.2, 0) is 0 Å². The van der Waals surface area contributed by atoms with Crippen LogP contribution < -0.4 is 5.32 Å². The first-order valence-electron chi connectivity index (χ1n) is 6.52. The molecule has 3 rings (SSSR count). The molecular weight excluding hydrogens is 275 g/mol. The molecule has 0 aliphatic carbocycles. The predicted octanol–water partition coefficient (Wildman–Crippen LogP) is 4.04. The van der Waals surface area contributed by atoms with Crippen LogP contribution in [0.4, 0.5) is 4.39 Å². The van der Waals surface area contributed by atoms with E-state index in [0.717, 1.165) is 28.4 Å². The first kappa shape index (κ1) is 13.3. The van der Waals surface area contributed by atoms with Crippen LogP contribution in [0.1, 0.15) is 29.4 Å². The summed E-state index contributed by atoms with van der Waals surface area (Å²) in [6, 6.07) is 6.33. The maximum absolute atomic E-state index is 13.3. The minimum absolute atomic E-state index is 0.0968. The molecule has 0 fully saturated rings. The van der Waals surface area contributed by atoms with Crippen molar-refractivity contribution in [2.24, 2.45) is 0 Å². The zero-order valence-electron chi connectivity index (χ0n) is 11.3. The Bertz CT molecular complexity index is 734. The van der Waals surface area contributed by atoms with Crippen LogP contribution in [0.15, 0.2) is 34.1 Å². The van der Waals surface area contributed by atoms with Gasteiger partial charge in [-0.05, 0) is 37.7 Å². The van der Waals surface area contributed by atoms with E-state index in [2.05, 4.69) is 10.3 Å². The molecule has 104 valence electrons. The van der Waals surface area contributed by atoms with E-state index < -0.39 is 0 Å². The number of aromatic nitrogens is 1. The van der Waals surface area contributed by atoms with Gasteiger partial charge in [-0.3, -0.25) is 0 Å². The number of nitrogens with one attached hydrogen (secondary N) is 1. The molecule has 0 saturated carbocycles. The van der Waals surface area contributed by atoms with Crippen LogP contribution in [0, 0.1) is 12.7 Å². The van der Waals surface area contributed by atoms with Crippen LogP contribution in [0.2, 0.25) is 0 Å². The van der Waals surface area contributed by atoms with E-state index in [-0.39, 0.29) is 11.9 Å². The molecule has 0 spiro atoms. The zero-order valence-corrected chi connectivity index (χ0v) is 12.1. The highest BCUT2D eigenvalue weighted by atomic mass is 32.1. The second-order valence-electron chi connectivity index (χ2n) is 4.61. The summed E-state index contributed by atoms with van der Waals surface area (Å²) >= 11 is 1.61. The van der Waals surface area contributed by atoms with Crippen molar-refractivity contribution in [1.82, 2.24) is 10.3 Å². The summed E-state index contributed by atoms with van der Waals surface area (Å²) in [5.41, 5.74) is 1.63. The minimum atomic E-state index is -0.255. The number of rotatable bonds is 4. The highest BCUT2D eigenvalue weighted by molar-refractivity contribution is 7.09. The summed E-state index contributed by atoms with van der Waals surface area (Å²) in [5, 5.41) is 7.18. The van der Waals surface area contributed by atoms with E-state index >= 15 is 0 Å². The summed E-state index contributed by atoms with van der Waals surface area (Å²) in [5.74, 6) is 0.507.